The van der Waals surface area contributed by atoms with Gasteiger partial charge in [0.05, 0.1) is 16.0 Å². The minimum atomic E-state index is -5.04. The van der Waals surface area contributed by atoms with E-state index in [0.717, 1.165) is 0 Å². The number of halogens is 5. The Morgan fingerprint density at radius 3 is 2.17 bits per heavy atom. The molecule has 1 aliphatic rings. The van der Waals surface area contributed by atoms with Gasteiger partial charge in [0.25, 0.3) is 5.92 Å². The first-order chi connectivity index (χ1) is 10.8. The zero-order valence-electron chi connectivity index (χ0n) is 12.0. The third-order valence-corrected chi connectivity index (χ3v) is 5.54. The van der Waals surface area contributed by atoms with E-state index in [-0.39, 0.29) is 0 Å². The summed E-state index contributed by atoms with van der Waals surface area (Å²) in [5.74, 6) is -4.69. The lowest BCUT2D eigenvalue weighted by Gasteiger charge is -2.31. The second-order valence-corrected chi connectivity index (χ2v) is 7.18. The number of alkyl halides is 5. The molecule has 11 heteroatoms. The van der Waals surface area contributed by atoms with E-state index in [1.807, 2.05) is 0 Å². The van der Waals surface area contributed by atoms with Crippen LogP contribution < -0.4 is 0 Å². The maximum Gasteiger partial charge on any atom is 0.417 e. The van der Waals surface area contributed by atoms with E-state index >= 15 is 0 Å². The first-order valence-electron chi connectivity index (χ1n) is 6.67. The van der Waals surface area contributed by atoms with Crippen LogP contribution in [0.5, 0.6) is 0 Å². The molecule has 0 aliphatic carbocycles. The van der Waals surface area contributed by atoms with Gasteiger partial charge in [-0.25, -0.2) is 22.0 Å². The van der Waals surface area contributed by atoms with Crippen LogP contribution >= 0.6 is 0 Å². The van der Waals surface area contributed by atoms with Crippen molar-refractivity contribution in [2.24, 2.45) is 0 Å². The van der Waals surface area contributed by atoms with Gasteiger partial charge >= 0.3 is 12.1 Å². The number of rotatable bonds is 3. The predicted octanol–water partition coefficient (Wildman–Crippen LogP) is 2.82. The molecule has 1 N–H and O–H groups in total. The predicted molar refractivity (Wildman–Crippen MR) is 71.3 cm³/mol. The number of hydrogen-bond donors (Lipinski definition) is 1. The molecule has 1 aromatic carbocycles. The summed E-state index contributed by atoms with van der Waals surface area (Å²) in [4.78, 5) is 9.66. The van der Waals surface area contributed by atoms with Crippen LogP contribution in [-0.4, -0.2) is 42.8 Å². The number of carboxylic acid groups (broad SMARTS) is 1. The molecule has 0 bridgehead atoms. The smallest absolute Gasteiger partial charge is 0.417 e. The standard InChI is InChI=1S/C13H12F5NO4S/c14-12(15)3-5-19(6-4-12)24(22,23)10-7-8(11(20)21)1-2-9(10)13(16,17)18/h1-2,7H,3-6H2,(H,20,21). The van der Waals surface area contributed by atoms with Gasteiger partial charge in [0.2, 0.25) is 10.0 Å². The van der Waals surface area contributed by atoms with Gasteiger partial charge in [-0.1, -0.05) is 0 Å². The van der Waals surface area contributed by atoms with E-state index in [0.29, 0.717) is 22.5 Å². The zero-order chi connectivity index (χ0) is 18.3. The van der Waals surface area contributed by atoms with Crippen molar-refractivity contribution in [2.45, 2.75) is 29.8 Å². The van der Waals surface area contributed by atoms with Gasteiger partial charge in [0, 0.05) is 25.9 Å². The summed E-state index contributed by atoms with van der Waals surface area (Å²) in [6.45, 7) is -1.30. The molecule has 1 fully saturated rings. The first-order valence-corrected chi connectivity index (χ1v) is 8.11. The molecule has 5 nitrogen and oxygen atoms in total. The number of nitrogens with zero attached hydrogens (tertiary/aromatic N) is 1. The summed E-state index contributed by atoms with van der Waals surface area (Å²) < 4.78 is 90.8. The lowest BCUT2D eigenvalue weighted by Crippen LogP contribution is -2.43. The summed E-state index contributed by atoms with van der Waals surface area (Å²) in [5, 5.41) is 8.86. The number of carbonyl (C=O) groups is 1. The van der Waals surface area contributed by atoms with Crippen LogP contribution in [0.3, 0.4) is 0 Å². The van der Waals surface area contributed by atoms with Gasteiger partial charge in [-0.3, -0.25) is 0 Å². The van der Waals surface area contributed by atoms with Crippen LogP contribution in [0, 0.1) is 0 Å². The van der Waals surface area contributed by atoms with Crippen LogP contribution in [0.4, 0.5) is 22.0 Å². The molecule has 1 aliphatic heterocycles. The number of sulfonamides is 1. The lowest BCUT2D eigenvalue weighted by atomic mass is 10.1. The molecule has 1 saturated heterocycles. The summed E-state index contributed by atoms with van der Waals surface area (Å²) in [5.41, 5.74) is -2.19. The SMILES string of the molecule is O=C(O)c1ccc(C(F)(F)F)c(S(=O)(=O)N2CCC(F)(F)CC2)c1. The second-order valence-electron chi connectivity index (χ2n) is 5.27. The highest BCUT2D eigenvalue weighted by Gasteiger charge is 2.43. The van der Waals surface area contributed by atoms with Gasteiger partial charge in [-0.15, -0.1) is 0 Å². The molecular formula is C13H12F5NO4S. The fourth-order valence-corrected chi connectivity index (χ4v) is 3.97. The fraction of sp³-hybridized carbons (Fsp3) is 0.462. The highest BCUT2D eigenvalue weighted by molar-refractivity contribution is 7.89. The monoisotopic (exact) mass is 373 g/mol. The molecule has 134 valence electrons. The Labute approximate surface area is 133 Å². The average Bonchev–Trinajstić information content (AvgIpc) is 2.45. The summed E-state index contributed by atoms with van der Waals surface area (Å²) in [7, 11) is -4.77. The van der Waals surface area contributed by atoms with Crippen molar-refractivity contribution >= 4 is 16.0 Å². The van der Waals surface area contributed by atoms with E-state index in [4.69, 9.17) is 5.11 Å². The zero-order valence-corrected chi connectivity index (χ0v) is 12.8. The molecule has 0 saturated carbocycles. The van der Waals surface area contributed by atoms with Gasteiger partial charge in [-0.2, -0.15) is 17.5 Å². The summed E-state index contributed by atoms with van der Waals surface area (Å²) >= 11 is 0. The van der Waals surface area contributed by atoms with Gasteiger partial charge in [-0.05, 0) is 18.2 Å². The number of aromatic carboxylic acids is 1. The van der Waals surface area contributed by atoms with Crippen molar-refractivity contribution < 1.29 is 40.3 Å². The molecule has 0 amide bonds. The molecule has 0 unspecified atom stereocenters. The number of piperidine rings is 1. The second kappa shape index (κ2) is 5.96. The van der Waals surface area contributed by atoms with E-state index in [2.05, 4.69) is 0 Å². The van der Waals surface area contributed by atoms with Crippen LogP contribution in [0.15, 0.2) is 23.1 Å². The van der Waals surface area contributed by atoms with E-state index in [9.17, 15) is 35.2 Å². The van der Waals surface area contributed by atoms with Crippen molar-refractivity contribution in [3.05, 3.63) is 29.3 Å². The van der Waals surface area contributed by atoms with Crippen molar-refractivity contribution in [2.75, 3.05) is 13.1 Å². The van der Waals surface area contributed by atoms with Crippen molar-refractivity contribution in [1.29, 1.82) is 0 Å². The molecule has 24 heavy (non-hydrogen) atoms. The molecule has 1 heterocycles. The highest BCUT2D eigenvalue weighted by atomic mass is 32.2. The quantitative estimate of drug-likeness (QED) is 0.827. The van der Waals surface area contributed by atoms with Crippen LogP contribution in [0.2, 0.25) is 0 Å². The Morgan fingerprint density at radius 1 is 1.17 bits per heavy atom. The van der Waals surface area contributed by atoms with Crippen molar-refractivity contribution in [1.82, 2.24) is 4.31 Å². The largest absolute Gasteiger partial charge is 0.478 e. The van der Waals surface area contributed by atoms with Crippen LogP contribution in [-0.2, 0) is 16.2 Å². The van der Waals surface area contributed by atoms with E-state index < -0.39 is 70.0 Å². The maximum atomic E-state index is 13.1. The van der Waals surface area contributed by atoms with Gasteiger partial charge in [0.1, 0.15) is 0 Å². The third kappa shape index (κ3) is 3.66. The molecule has 0 aromatic heterocycles. The minimum absolute atomic E-state index is 0.356. The topological polar surface area (TPSA) is 74.7 Å². The third-order valence-electron chi connectivity index (χ3n) is 3.61. The maximum absolute atomic E-state index is 13.1. The number of carboxylic acids is 1. The van der Waals surface area contributed by atoms with E-state index in [1.165, 1.54) is 0 Å². The first kappa shape index (κ1) is 18.6. The van der Waals surface area contributed by atoms with Crippen LogP contribution in [0.1, 0.15) is 28.8 Å². The highest BCUT2D eigenvalue weighted by Crippen LogP contribution is 2.37. The Hall–Kier alpha value is -1.75. The summed E-state index contributed by atoms with van der Waals surface area (Å²) in [6.07, 6.45) is -6.67. The van der Waals surface area contributed by atoms with Crippen LogP contribution in [0.25, 0.3) is 0 Å². The average molecular weight is 373 g/mol. The number of benzene rings is 1. The molecule has 2 rings (SSSR count). The molecule has 0 spiro atoms. The van der Waals surface area contributed by atoms with Crippen molar-refractivity contribution in [3.8, 4) is 0 Å². The molecular weight excluding hydrogens is 361 g/mol. The molecule has 0 radical (unpaired) electrons. The molecule has 0 atom stereocenters. The van der Waals surface area contributed by atoms with Gasteiger partial charge < -0.3 is 5.11 Å². The Balaban J connectivity index is 2.52. The Kier molecular flexibility index (Phi) is 4.61. The normalized spacial score (nSPS) is 19.2. The minimum Gasteiger partial charge on any atom is -0.478 e. The molecule has 1 aromatic rings. The van der Waals surface area contributed by atoms with Crippen molar-refractivity contribution in [3.63, 3.8) is 0 Å². The lowest BCUT2D eigenvalue weighted by molar-refractivity contribution is -0.140. The Morgan fingerprint density at radius 2 is 1.71 bits per heavy atom. The van der Waals surface area contributed by atoms with E-state index in [1.54, 1.807) is 0 Å². The summed E-state index contributed by atoms with van der Waals surface area (Å²) in [6, 6.07) is 1.39. The van der Waals surface area contributed by atoms with Gasteiger partial charge in [0.15, 0.2) is 0 Å². The number of hydrogen-bond acceptors (Lipinski definition) is 3. The Bertz CT molecular complexity index is 750. The fourth-order valence-electron chi connectivity index (χ4n) is 2.30.